The molecule has 9 nitrogen and oxygen atoms in total. The van der Waals surface area contributed by atoms with Gasteiger partial charge in [0.05, 0.1) is 27.0 Å². The van der Waals surface area contributed by atoms with Gasteiger partial charge < -0.3 is 24.6 Å². The Kier molecular flexibility index (Phi) is 6.74. The predicted molar refractivity (Wildman–Crippen MR) is 126 cm³/mol. The molecule has 9 heteroatoms. The maximum atomic E-state index is 12.3. The third kappa shape index (κ3) is 4.69. The average Bonchev–Trinajstić information content (AvgIpc) is 3.33. The lowest BCUT2D eigenvalue weighted by Crippen LogP contribution is -2.26. The van der Waals surface area contributed by atoms with E-state index >= 15 is 0 Å². The molecule has 0 saturated heterocycles. The molecule has 4 rings (SSSR count). The summed E-state index contributed by atoms with van der Waals surface area (Å²) in [7, 11) is 4.42. The van der Waals surface area contributed by atoms with Gasteiger partial charge in [0, 0.05) is 17.8 Å². The molecule has 0 radical (unpaired) electrons. The zero-order valence-electron chi connectivity index (χ0n) is 18.9. The van der Waals surface area contributed by atoms with Gasteiger partial charge in [-0.2, -0.15) is 5.10 Å². The van der Waals surface area contributed by atoms with E-state index in [1.54, 1.807) is 49.2 Å². The first-order chi connectivity index (χ1) is 16.5. The molecule has 0 fully saturated rings. The van der Waals surface area contributed by atoms with Crippen LogP contribution in [0.4, 0.5) is 0 Å². The van der Waals surface area contributed by atoms with Gasteiger partial charge in [-0.25, -0.2) is 14.3 Å². The largest absolute Gasteiger partial charge is 0.493 e. The number of nitrogens with one attached hydrogen (secondary N) is 1. The number of hydrogen-bond donors (Lipinski definition) is 2. The fourth-order valence-electron chi connectivity index (χ4n) is 3.47. The summed E-state index contributed by atoms with van der Waals surface area (Å²) in [5, 5.41) is 18.1. The Morgan fingerprint density at radius 3 is 2.50 bits per heavy atom. The molecule has 2 aromatic heterocycles. The summed E-state index contributed by atoms with van der Waals surface area (Å²) in [6, 6.07) is 18.2. The third-order valence-corrected chi connectivity index (χ3v) is 5.14. The van der Waals surface area contributed by atoms with Crippen LogP contribution in [0.5, 0.6) is 11.5 Å². The van der Waals surface area contributed by atoms with E-state index in [4.69, 9.17) is 14.2 Å². The predicted octanol–water partition coefficient (Wildman–Crippen LogP) is 3.21. The minimum atomic E-state index is -1.28. The van der Waals surface area contributed by atoms with Crippen molar-refractivity contribution in [1.82, 2.24) is 19.9 Å². The Morgan fingerprint density at radius 2 is 1.79 bits per heavy atom. The minimum Gasteiger partial charge on any atom is -0.493 e. The second-order valence-electron chi connectivity index (χ2n) is 7.25. The first kappa shape index (κ1) is 22.8. The molecule has 0 bridgehead atoms. The SMILES string of the molecule is COC(=O)C(=Cc1ccccc1)NC(O)c1cc2nccc(-c3ccc(OC)c(OC)c3)n2n1. The summed E-state index contributed by atoms with van der Waals surface area (Å²) in [6.07, 6.45) is 1.97. The highest BCUT2D eigenvalue weighted by Crippen LogP contribution is 2.32. The molecule has 174 valence electrons. The lowest BCUT2D eigenvalue weighted by atomic mass is 10.1. The van der Waals surface area contributed by atoms with Crippen molar-refractivity contribution < 1.29 is 24.1 Å². The van der Waals surface area contributed by atoms with Gasteiger partial charge in [-0.05, 0) is 35.9 Å². The summed E-state index contributed by atoms with van der Waals surface area (Å²) in [5.74, 6) is 0.571. The molecule has 0 amide bonds. The van der Waals surface area contributed by atoms with Crippen LogP contribution in [-0.4, -0.2) is 47.0 Å². The van der Waals surface area contributed by atoms with Gasteiger partial charge in [0.25, 0.3) is 0 Å². The van der Waals surface area contributed by atoms with E-state index in [0.29, 0.717) is 17.1 Å². The minimum absolute atomic E-state index is 0.0892. The molecule has 1 atom stereocenters. The van der Waals surface area contributed by atoms with E-state index in [2.05, 4.69) is 15.4 Å². The maximum Gasteiger partial charge on any atom is 0.354 e. The molecule has 34 heavy (non-hydrogen) atoms. The maximum absolute atomic E-state index is 12.3. The van der Waals surface area contributed by atoms with E-state index in [9.17, 15) is 9.90 Å². The monoisotopic (exact) mass is 460 g/mol. The number of benzene rings is 2. The van der Waals surface area contributed by atoms with Crippen LogP contribution in [0.15, 0.2) is 72.6 Å². The van der Waals surface area contributed by atoms with Crippen LogP contribution in [0.2, 0.25) is 0 Å². The molecular formula is C25H24N4O5. The number of ether oxygens (including phenoxy) is 3. The number of rotatable bonds is 8. The number of methoxy groups -OCH3 is 3. The van der Waals surface area contributed by atoms with Crippen LogP contribution in [0.1, 0.15) is 17.5 Å². The number of aliphatic hydroxyl groups is 1. The van der Waals surface area contributed by atoms with Crippen molar-refractivity contribution in [1.29, 1.82) is 0 Å². The number of hydrogen-bond acceptors (Lipinski definition) is 8. The molecular weight excluding hydrogens is 436 g/mol. The van der Waals surface area contributed by atoms with Gasteiger partial charge >= 0.3 is 5.97 Å². The second-order valence-corrected chi connectivity index (χ2v) is 7.25. The van der Waals surface area contributed by atoms with E-state index in [1.807, 2.05) is 42.5 Å². The Labute approximate surface area is 196 Å². The summed E-state index contributed by atoms with van der Waals surface area (Å²) in [6.45, 7) is 0. The number of aliphatic hydroxyl groups excluding tert-OH is 1. The normalized spacial score (nSPS) is 12.3. The summed E-state index contributed by atoms with van der Waals surface area (Å²) in [4.78, 5) is 16.6. The highest BCUT2D eigenvalue weighted by atomic mass is 16.5. The zero-order chi connectivity index (χ0) is 24.1. The second kappa shape index (κ2) is 10.1. The van der Waals surface area contributed by atoms with E-state index < -0.39 is 12.2 Å². The molecule has 0 aliphatic carbocycles. The van der Waals surface area contributed by atoms with Crippen molar-refractivity contribution in [3.8, 4) is 22.8 Å². The fourth-order valence-corrected chi connectivity index (χ4v) is 3.47. The van der Waals surface area contributed by atoms with Gasteiger partial charge in [0.15, 0.2) is 23.4 Å². The van der Waals surface area contributed by atoms with Crippen molar-refractivity contribution in [3.63, 3.8) is 0 Å². The number of carbonyl (C=O) groups excluding carboxylic acids is 1. The average molecular weight is 460 g/mol. The van der Waals surface area contributed by atoms with Crippen LogP contribution in [0, 0.1) is 0 Å². The Balaban J connectivity index is 1.68. The molecule has 1 unspecified atom stereocenters. The molecule has 0 saturated carbocycles. The summed E-state index contributed by atoms with van der Waals surface area (Å²) < 4.78 is 17.2. The Hall–Kier alpha value is -4.37. The summed E-state index contributed by atoms with van der Waals surface area (Å²) >= 11 is 0. The van der Waals surface area contributed by atoms with Crippen molar-refractivity contribution >= 4 is 17.7 Å². The molecule has 4 aromatic rings. The Bertz CT molecular complexity index is 1330. The Morgan fingerprint density at radius 1 is 1.03 bits per heavy atom. The van der Waals surface area contributed by atoms with E-state index in [0.717, 1.165) is 16.8 Å². The van der Waals surface area contributed by atoms with Crippen molar-refractivity contribution in [3.05, 3.63) is 83.8 Å². The number of fused-ring (bicyclic) bond motifs is 1. The molecule has 2 heterocycles. The van der Waals surface area contributed by atoms with Gasteiger partial charge in [0.1, 0.15) is 11.4 Å². The van der Waals surface area contributed by atoms with Gasteiger partial charge in [-0.3, -0.25) is 0 Å². The van der Waals surface area contributed by atoms with Crippen LogP contribution < -0.4 is 14.8 Å². The van der Waals surface area contributed by atoms with Crippen molar-refractivity contribution in [2.75, 3.05) is 21.3 Å². The molecule has 2 aromatic carbocycles. The highest BCUT2D eigenvalue weighted by Gasteiger charge is 2.19. The number of nitrogens with zero attached hydrogens (tertiary/aromatic N) is 3. The number of aromatic nitrogens is 3. The molecule has 0 spiro atoms. The molecule has 0 aliphatic rings. The first-order valence-corrected chi connectivity index (χ1v) is 10.4. The van der Waals surface area contributed by atoms with Crippen LogP contribution >= 0.6 is 0 Å². The highest BCUT2D eigenvalue weighted by molar-refractivity contribution is 5.93. The standard InChI is InChI=1S/C25H24N4O5/c1-32-21-10-9-17(14-22(21)33-2)20-11-12-26-23-15-18(28-29(20)23)24(30)27-19(25(31)34-3)13-16-7-5-4-6-8-16/h4-15,24,27,30H,1-3H3. The lowest BCUT2D eigenvalue weighted by molar-refractivity contribution is -0.136. The lowest BCUT2D eigenvalue weighted by Gasteiger charge is -2.14. The number of carbonyl (C=O) groups is 1. The summed E-state index contributed by atoms with van der Waals surface area (Å²) in [5.41, 5.74) is 3.22. The quantitative estimate of drug-likeness (QED) is 0.235. The topological polar surface area (TPSA) is 107 Å². The van der Waals surface area contributed by atoms with E-state index in [1.165, 1.54) is 7.11 Å². The molecule has 0 aliphatic heterocycles. The van der Waals surface area contributed by atoms with Gasteiger partial charge in [0.2, 0.25) is 0 Å². The third-order valence-electron chi connectivity index (χ3n) is 5.14. The van der Waals surface area contributed by atoms with Gasteiger partial charge in [-0.15, -0.1) is 0 Å². The molecule has 2 N–H and O–H groups in total. The van der Waals surface area contributed by atoms with E-state index in [-0.39, 0.29) is 11.4 Å². The fraction of sp³-hybridized carbons (Fsp3) is 0.160. The van der Waals surface area contributed by atoms with Crippen LogP contribution in [0.3, 0.4) is 0 Å². The smallest absolute Gasteiger partial charge is 0.354 e. The van der Waals surface area contributed by atoms with Crippen LogP contribution in [0.25, 0.3) is 23.0 Å². The first-order valence-electron chi connectivity index (χ1n) is 10.4. The zero-order valence-corrected chi connectivity index (χ0v) is 18.9. The number of esters is 1. The van der Waals surface area contributed by atoms with Gasteiger partial charge in [-0.1, -0.05) is 30.3 Å². The van der Waals surface area contributed by atoms with Crippen molar-refractivity contribution in [2.24, 2.45) is 0 Å². The van der Waals surface area contributed by atoms with Crippen molar-refractivity contribution in [2.45, 2.75) is 6.23 Å². The van der Waals surface area contributed by atoms with Crippen LogP contribution in [-0.2, 0) is 9.53 Å².